The zero-order valence-corrected chi connectivity index (χ0v) is 9.37. The van der Waals surface area contributed by atoms with Crippen LogP contribution in [0, 0.1) is 13.8 Å². The van der Waals surface area contributed by atoms with Crippen LogP contribution in [0.15, 0.2) is 16.7 Å². The van der Waals surface area contributed by atoms with Crippen molar-refractivity contribution in [2.45, 2.75) is 26.9 Å². The standard InChI is InChI=1S/C12H13N3O/c1-7-10-5-13-6-11(10)15-12(14-7)9-3-4-16-8(9)2/h3-4,13H,5-6H2,1-2H3. The highest BCUT2D eigenvalue weighted by atomic mass is 16.3. The maximum Gasteiger partial charge on any atom is 0.163 e. The highest BCUT2D eigenvalue weighted by Crippen LogP contribution is 2.24. The summed E-state index contributed by atoms with van der Waals surface area (Å²) in [6.45, 7) is 5.68. The molecular weight excluding hydrogens is 202 g/mol. The smallest absolute Gasteiger partial charge is 0.163 e. The minimum atomic E-state index is 0.770. The molecule has 2 aromatic rings. The number of nitrogens with one attached hydrogen (secondary N) is 1. The maximum absolute atomic E-state index is 5.28. The van der Waals surface area contributed by atoms with Crippen molar-refractivity contribution in [2.24, 2.45) is 0 Å². The fourth-order valence-corrected chi connectivity index (χ4v) is 2.07. The van der Waals surface area contributed by atoms with Gasteiger partial charge in [-0.25, -0.2) is 9.97 Å². The summed E-state index contributed by atoms with van der Waals surface area (Å²) in [7, 11) is 0. The molecule has 0 spiro atoms. The van der Waals surface area contributed by atoms with Crippen molar-refractivity contribution in [3.8, 4) is 11.4 Å². The molecule has 0 atom stereocenters. The van der Waals surface area contributed by atoms with Crippen molar-refractivity contribution in [3.63, 3.8) is 0 Å². The Bertz CT molecular complexity index is 545. The fraction of sp³-hybridized carbons (Fsp3) is 0.333. The quantitative estimate of drug-likeness (QED) is 0.790. The van der Waals surface area contributed by atoms with Crippen molar-refractivity contribution < 1.29 is 4.42 Å². The first kappa shape index (κ1) is 9.54. The molecule has 0 saturated carbocycles. The Kier molecular flexibility index (Phi) is 2.04. The van der Waals surface area contributed by atoms with Crippen molar-refractivity contribution in [1.29, 1.82) is 0 Å². The first-order chi connectivity index (χ1) is 7.75. The Balaban J connectivity index is 2.17. The molecule has 0 aliphatic carbocycles. The molecule has 3 rings (SSSR count). The number of hydrogen-bond acceptors (Lipinski definition) is 4. The van der Waals surface area contributed by atoms with E-state index < -0.39 is 0 Å². The highest BCUT2D eigenvalue weighted by molar-refractivity contribution is 5.58. The number of furan rings is 1. The van der Waals surface area contributed by atoms with Crippen LogP contribution in [0.2, 0.25) is 0 Å². The molecule has 1 N–H and O–H groups in total. The van der Waals surface area contributed by atoms with Crippen molar-refractivity contribution in [1.82, 2.24) is 15.3 Å². The lowest BCUT2D eigenvalue weighted by molar-refractivity contribution is 0.535. The third-order valence-corrected chi connectivity index (χ3v) is 2.99. The van der Waals surface area contributed by atoms with Gasteiger partial charge < -0.3 is 9.73 Å². The summed E-state index contributed by atoms with van der Waals surface area (Å²) in [5.74, 6) is 1.64. The number of rotatable bonds is 1. The average molecular weight is 215 g/mol. The van der Waals surface area contributed by atoms with E-state index in [0.717, 1.165) is 41.6 Å². The molecule has 0 amide bonds. The lowest BCUT2D eigenvalue weighted by Crippen LogP contribution is -2.00. The van der Waals surface area contributed by atoms with E-state index in [9.17, 15) is 0 Å². The summed E-state index contributed by atoms with van der Waals surface area (Å²) in [5.41, 5.74) is 4.40. The second kappa shape index (κ2) is 3.42. The third-order valence-electron chi connectivity index (χ3n) is 2.99. The van der Waals surface area contributed by atoms with E-state index in [0.29, 0.717) is 0 Å². The van der Waals surface area contributed by atoms with E-state index in [4.69, 9.17) is 4.42 Å². The molecule has 4 nitrogen and oxygen atoms in total. The van der Waals surface area contributed by atoms with Crippen LogP contribution in [-0.2, 0) is 13.1 Å². The van der Waals surface area contributed by atoms with Crippen molar-refractivity contribution >= 4 is 0 Å². The number of nitrogens with zero attached hydrogens (tertiary/aromatic N) is 2. The van der Waals surface area contributed by atoms with Gasteiger partial charge in [0.1, 0.15) is 5.76 Å². The van der Waals surface area contributed by atoms with Crippen LogP contribution in [0.25, 0.3) is 11.4 Å². The zero-order chi connectivity index (χ0) is 11.1. The topological polar surface area (TPSA) is 51.0 Å². The number of aromatic nitrogens is 2. The minimum absolute atomic E-state index is 0.770. The van der Waals surface area contributed by atoms with E-state index in [1.165, 1.54) is 5.56 Å². The molecule has 1 aliphatic rings. The molecule has 2 aromatic heterocycles. The lowest BCUT2D eigenvalue weighted by atomic mass is 10.1. The van der Waals surface area contributed by atoms with Crippen LogP contribution < -0.4 is 5.32 Å². The Morgan fingerprint density at radius 1 is 1.25 bits per heavy atom. The number of aryl methyl sites for hydroxylation is 2. The van der Waals surface area contributed by atoms with Gasteiger partial charge >= 0.3 is 0 Å². The van der Waals surface area contributed by atoms with E-state index in [2.05, 4.69) is 15.3 Å². The second-order valence-corrected chi connectivity index (χ2v) is 4.05. The Morgan fingerprint density at radius 3 is 2.88 bits per heavy atom. The monoisotopic (exact) mass is 215 g/mol. The molecule has 0 fully saturated rings. The molecule has 0 saturated heterocycles. The number of hydrogen-bond donors (Lipinski definition) is 1. The Labute approximate surface area is 93.7 Å². The molecule has 0 radical (unpaired) electrons. The minimum Gasteiger partial charge on any atom is -0.469 e. The van der Waals surface area contributed by atoms with Crippen LogP contribution in [0.3, 0.4) is 0 Å². The summed E-state index contributed by atoms with van der Waals surface area (Å²) in [5, 5.41) is 3.29. The molecule has 3 heterocycles. The second-order valence-electron chi connectivity index (χ2n) is 4.05. The summed E-state index contributed by atoms with van der Waals surface area (Å²) in [6.07, 6.45) is 1.68. The van der Waals surface area contributed by atoms with Gasteiger partial charge in [-0.1, -0.05) is 0 Å². The van der Waals surface area contributed by atoms with Gasteiger partial charge in [0.2, 0.25) is 0 Å². The molecule has 1 aliphatic heterocycles. The van der Waals surface area contributed by atoms with Crippen LogP contribution >= 0.6 is 0 Å². The number of fused-ring (bicyclic) bond motifs is 1. The van der Waals surface area contributed by atoms with Crippen LogP contribution in [-0.4, -0.2) is 9.97 Å². The van der Waals surface area contributed by atoms with E-state index in [1.807, 2.05) is 19.9 Å². The predicted octanol–water partition coefficient (Wildman–Crippen LogP) is 1.96. The third kappa shape index (κ3) is 1.34. The summed E-state index contributed by atoms with van der Waals surface area (Å²) < 4.78 is 5.28. The summed E-state index contributed by atoms with van der Waals surface area (Å²) in [4.78, 5) is 9.12. The first-order valence-electron chi connectivity index (χ1n) is 5.37. The SMILES string of the molecule is Cc1nc(-c2ccoc2C)nc2c1CNC2. The molecule has 0 aromatic carbocycles. The van der Waals surface area contributed by atoms with E-state index in [-0.39, 0.29) is 0 Å². The molecule has 82 valence electrons. The van der Waals surface area contributed by atoms with Crippen LogP contribution in [0.5, 0.6) is 0 Å². The summed E-state index contributed by atoms with van der Waals surface area (Å²) >= 11 is 0. The van der Waals surface area contributed by atoms with Gasteiger partial charge in [0.15, 0.2) is 5.82 Å². The van der Waals surface area contributed by atoms with Gasteiger partial charge in [0, 0.05) is 24.3 Å². The maximum atomic E-state index is 5.28. The Hall–Kier alpha value is -1.68. The summed E-state index contributed by atoms with van der Waals surface area (Å²) in [6, 6.07) is 1.92. The molecule has 4 heteroatoms. The largest absolute Gasteiger partial charge is 0.469 e. The predicted molar refractivity (Wildman–Crippen MR) is 59.8 cm³/mol. The van der Waals surface area contributed by atoms with Gasteiger partial charge in [0.25, 0.3) is 0 Å². The van der Waals surface area contributed by atoms with Crippen LogP contribution in [0.1, 0.15) is 22.7 Å². The first-order valence-corrected chi connectivity index (χ1v) is 5.37. The normalized spacial score (nSPS) is 14.1. The van der Waals surface area contributed by atoms with Crippen molar-refractivity contribution in [3.05, 3.63) is 35.0 Å². The molecular formula is C12H13N3O. The van der Waals surface area contributed by atoms with Gasteiger partial charge in [0.05, 0.1) is 17.5 Å². The molecule has 0 bridgehead atoms. The van der Waals surface area contributed by atoms with Gasteiger partial charge in [-0.2, -0.15) is 0 Å². The van der Waals surface area contributed by atoms with Crippen molar-refractivity contribution in [2.75, 3.05) is 0 Å². The highest BCUT2D eigenvalue weighted by Gasteiger charge is 2.18. The van der Waals surface area contributed by atoms with Crippen LogP contribution in [0.4, 0.5) is 0 Å². The van der Waals surface area contributed by atoms with E-state index in [1.54, 1.807) is 6.26 Å². The van der Waals surface area contributed by atoms with Gasteiger partial charge in [-0.05, 0) is 19.9 Å². The zero-order valence-electron chi connectivity index (χ0n) is 9.37. The van der Waals surface area contributed by atoms with Gasteiger partial charge in [-0.15, -0.1) is 0 Å². The molecule has 16 heavy (non-hydrogen) atoms. The lowest BCUT2D eigenvalue weighted by Gasteiger charge is -2.05. The fourth-order valence-electron chi connectivity index (χ4n) is 2.07. The average Bonchev–Trinajstić information content (AvgIpc) is 2.85. The molecule has 0 unspecified atom stereocenters. The van der Waals surface area contributed by atoms with E-state index >= 15 is 0 Å². The Morgan fingerprint density at radius 2 is 2.12 bits per heavy atom. The van der Waals surface area contributed by atoms with Gasteiger partial charge in [-0.3, -0.25) is 0 Å².